The van der Waals surface area contributed by atoms with Gasteiger partial charge in [-0.05, 0) is 0 Å². The number of ether oxygens (including phenoxy) is 1. The van der Waals surface area contributed by atoms with E-state index in [-0.39, 0.29) is 9.64 Å². The number of hydrogen-bond donors (Lipinski definition) is 2. The quantitative estimate of drug-likeness (QED) is 0.153. The van der Waals surface area contributed by atoms with Crippen molar-refractivity contribution in [3.63, 3.8) is 0 Å². The SMILES string of the molecule is CC(I)(C(=O)OC1(c2cc3ccc2o3)CCCCC1)C12NI1N2. The van der Waals surface area contributed by atoms with Gasteiger partial charge in [0.2, 0.25) is 0 Å². The van der Waals surface area contributed by atoms with Crippen LogP contribution >= 0.6 is 43.0 Å². The van der Waals surface area contributed by atoms with Crippen molar-refractivity contribution < 1.29 is 13.9 Å². The summed E-state index contributed by atoms with van der Waals surface area (Å²) in [6.07, 6.45) is 5.17. The zero-order valence-electron chi connectivity index (χ0n) is 12.7. The Balaban J connectivity index is 1.48. The van der Waals surface area contributed by atoms with Gasteiger partial charge in [0.15, 0.2) is 0 Å². The molecule has 23 heavy (non-hydrogen) atoms. The van der Waals surface area contributed by atoms with E-state index in [4.69, 9.17) is 9.15 Å². The standard InChI is InChI=1S/C16H18I2N2O3/c1-14(17,16-18(19-16)20-16)13(21)23-15(7-3-2-4-8-15)11-9-10-5-6-12(11)22-10/h5-6,9,19-20H,2-4,7-8H2,1H3. The van der Waals surface area contributed by atoms with Crippen LogP contribution in [0.4, 0.5) is 0 Å². The molecule has 1 atom stereocenters. The topological polar surface area (TPSA) is 83.3 Å². The monoisotopic (exact) mass is 540 g/mol. The number of rotatable bonds is 4. The first-order valence-electron chi connectivity index (χ1n) is 7.97. The Labute approximate surface area is 155 Å². The molecule has 2 N–H and O–H groups in total. The second-order valence-electron chi connectivity index (χ2n) is 6.84. The third-order valence-electron chi connectivity index (χ3n) is 5.31. The molecule has 2 bridgehead atoms. The van der Waals surface area contributed by atoms with Gasteiger partial charge in [-0.3, -0.25) is 0 Å². The van der Waals surface area contributed by atoms with E-state index in [2.05, 4.69) is 35.7 Å². The summed E-state index contributed by atoms with van der Waals surface area (Å²) in [6, 6.07) is 6.02. The average Bonchev–Trinajstić information content (AvgIpc) is 3.30. The van der Waals surface area contributed by atoms with E-state index in [0.717, 1.165) is 42.4 Å². The van der Waals surface area contributed by atoms with E-state index in [1.165, 1.54) is 6.42 Å². The summed E-state index contributed by atoms with van der Waals surface area (Å²) in [6.45, 7) is 1.99. The number of carbonyl (C=O) groups is 1. The van der Waals surface area contributed by atoms with Crippen LogP contribution in [-0.4, -0.2) is 13.1 Å². The first-order valence-corrected chi connectivity index (χ1v) is 12.3. The molecule has 0 spiro atoms. The van der Waals surface area contributed by atoms with Gasteiger partial charge in [0, 0.05) is 0 Å². The van der Waals surface area contributed by atoms with Crippen LogP contribution in [0, 0.1) is 0 Å². The van der Waals surface area contributed by atoms with Gasteiger partial charge in [0.25, 0.3) is 0 Å². The third kappa shape index (κ3) is 2.05. The van der Waals surface area contributed by atoms with Crippen LogP contribution in [0.2, 0.25) is 0 Å². The van der Waals surface area contributed by atoms with Crippen LogP contribution in [0.3, 0.4) is 0 Å². The molecule has 5 rings (SSSR count). The third-order valence-corrected chi connectivity index (χ3v) is 12.4. The van der Waals surface area contributed by atoms with Gasteiger partial charge in [-0.1, -0.05) is 0 Å². The van der Waals surface area contributed by atoms with Crippen LogP contribution in [0.1, 0.15) is 44.6 Å². The molecule has 3 fully saturated rings. The maximum atomic E-state index is 13.0. The van der Waals surface area contributed by atoms with Gasteiger partial charge >= 0.3 is 157 Å². The van der Waals surface area contributed by atoms with Crippen molar-refractivity contribution in [1.29, 1.82) is 0 Å². The molecule has 5 nitrogen and oxygen atoms in total. The number of hydrogen-bond acceptors (Lipinski definition) is 5. The summed E-state index contributed by atoms with van der Waals surface area (Å²) in [5.41, 5.74) is 2.29. The molecule has 1 unspecified atom stereocenters. The Morgan fingerprint density at radius 3 is 2.57 bits per heavy atom. The van der Waals surface area contributed by atoms with Crippen LogP contribution < -0.4 is 7.06 Å². The molecule has 2 aromatic heterocycles. The van der Waals surface area contributed by atoms with Gasteiger partial charge in [0.1, 0.15) is 0 Å². The van der Waals surface area contributed by atoms with Crippen molar-refractivity contribution in [1.82, 2.24) is 7.06 Å². The Kier molecular flexibility index (Phi) is 3.12. The molecular formula is C16H18I2N2O3. The van der Waals surface area contributed by atoms with E-state index >= 15 is 0 Å². The van der Waals surface area contributed by atoms with Crippen LogP contribution in [0.25, 0.3) is 11.2 Å². The van der Waals surface area contributed by atoms with Gasteiger partial charge in [-0.15, -0.1) is 0 Å². The van der Waals surface area contributed by atoms with Gasteiger partial charge in [-0.2, -0.15) is 0 Å². The number of halogens is 2. The second-order valence-corrected chi connectivity index (χ2v) is 13.3. The molecule has 2 aromatic rings. The van der Waals surface area contributed by atoms with Crippen molar-refractivity contribution in [2.24, 2.45) is 0 Å². The van der Waals surface area contributed by atoms with E-state index in [1.54, 1.807) is 0 Å². The minimum atomic E-state index is -1.19. The van der Waals surface area contributed by atoms with Gasteiger partial charge < -0.3 is 0 Å². The number of nitrogens with one attached hydrogen (secondary N) is 2. The van der Waals surface area contributed by atoms with Crippen molar-refractivity contribution in [3.8, 4) is 0 Å². The van der Waals surface area contributed by atoms with Crippen molar-refractivity contribution >= 4 is 60.1 Å². The average molecular weight is 540 g/mol. The molecule has 1 aliphatic carbocycles. The Hall–Kier alpha value is -0.130. The van der Waals surface area contributed by atoms with Gasteiger partial charge in [-0.25, -0.2) is 0 Å². The number of fused-ring (bicyclic) bond motifs is 3. The normalized spacial score (nSPS) is 28.2. The van der Waals surface area contributed by atoms with E-state index in [0.29, 0.717) is 0 Å². The van der Waals surface area contributed by atoms with Crippen LogP contribution in [0.15, 0.2) is 22.6 Å². The summed E-state index contributed by atoms with van der Waals surface area (Å²) in [5, 5.41) is 0. The fourth-order valence-corrected chi connectivity index (χ4v) is 11.4. The minimum absolute atomic E-state index is 0.0915. The Bertz CT molecular complexity index is 775. The molecular weight excluding hydrogens is 522 g/mol. The fourth-order valence-electron chi connectivity index (χ4n) is 3.69. The molecule has 7 heteroatoms. The number of carbonyl (C=O) groups excluding carboxylic acids is 1. The van der Waals surface area contributed by atoms with E-state index < -0.39 is 29.4 Å². The van der Waals surface area contributed by atoms with Crippen LogP contribution in [-0.2, 0) is 15.1 Å². The summed E-state index contributed by atoms with van der Waals surface area (Å²) in [4.78, 5) is 13.0. The molecule has 2 aliphatic heterocycles. The molecule has 4 heterocycles. The molecule has 3 aliphatic rings. The number of alkyl halides is 2. The Morgan fingerprint density at radius 2 is 2.04 bits per heavy atom. The summed E-state index contributed by atoms with van der Waals surface area (Å²) in [7, 11) is 0. The second kappa shape index (κ2) is 4.73. The summed E-state index contributed by atoms with van der Waals surface area (Å²) >= 11 is 1.07. The molecule has 124 valence electrons. The zero-order valence-corrected chi connectivity index (χ0v) is 17.1. The maximum absolute atomic E-state index is 13.0. The van der Waals surface area contributed by atoms with Crippen LogP contribution in [0.5, 0.6) is 0 Å². The Morgan fingerprint density at radius 1 is 1.35 bits per heavy atom. The predicted octanol–water partition coefficient (Wildman–Crippen LogP) is 3.96. The van der Waals surface area contributed by atoms with E-state index in [9.17, 15) is 4.79 Å². The molecule has 0 amide bonds. The summed E-state index contributed by atoms with van der Waals surface area (Å²) in [5.74, 6) is -0.101. The first kappa shape index (κ1) is 15.2. The number of furan rings is 2. The van der Waals surface area contributed by atoms with Crippen molar-refractivity contribution in [3.05, 3.63) is 23.8 Å². The first-order chi connectivity index (χ1) is 11.0. The van der Waals surface area contributed by atoms with Crippen molar-refractivity contribution in [2.45, 2.75) is 51.7 Å². The van der Waals surface area contributed by atoms with E-state index in [1.807, 2.05) is 19.1 Å². The van der Waals surface area contributed by atoms with Crippen molar-refractivity contribution in [2.75, 3.05) is 0 Å². The summed E-state index contributed by atoms with van der Waals surface area (Å²) < 4.78 is 18.3. The number of esters is 1. The zero-order chi connectivity index (χ0) is 15.9. The molecule has 0 radical (unpaired) electrons. The molecule has 1 saturated carbocycles. The molecule has 0 aromatic carbocycles. The fraction of sp³-hybridized carbons (Fsp3) is 0.562. The predicted molar refractivity (Wildman–Crippen MR) is 104 cm³/mol. The molecule has 2 saturated heterocycles. The number of benzene rings is 1. The van der Waals surface area contributed by atoms with Gasteiger partial charge in [0.05, 0.1) is 0 Å².